The lowest BCUT2D eigenvalue weighted by Gasteiger charge is -2.14. The molecule has 0 radical (unpaired) electrons. The third-order valence-electron chi connectivity index (χ3n) is 4.71. The molecule has 0 aliphatic carbocycles. The van der Waals surface area contributed by atoms with Gasteiger partial charge < -0.3 is 9.47 Å². The van der Waals surface area contributed by atoms with Crippen LogP contribution in [0.1, 0.15) is 30.9 Å². The van der Waals surface area contributed by atoms with Crippen LogP contribution in [0.25, 0.3) is 0 Å². The molecular formula is C26H29O3S+. The molecule has 0 amide bonds. The molecule has 0 atom stereocenters. The SMILES string of the molecule is CCCCOCC(=O)Oc1c(C)cc([S+](c2ccccc2)c2ccccc2)cc1C. The molecule has 0 unspecified atom stereocenters. The topological polar surface area (TPSA) is 35.5 Å². The number of hydrogen-bond acceptors (Lipinski definition) is 3. The second-order valence-electron chi connectivity index (χ2n) is 7.20. The van der Waals surface area contributed by atoms with Gasteiger partial charge in [-0.05, 0) is 55.7 Å². The number of ether oxygens (including phenoxy) is 2. The molecule has 3 aromatic carbocycles. The van der Waals surface area contributed by atoms with Gasteiger partial charge in [0.15, 0.2) is 14.7 Å². The zero-order valence-electron chi connectivity index (χ0n) is 17.9. The average Bonchev–Trinajstić information content (AvgIpc) is 2.76. The molecule has 3 rings (SSSR count). The van der Waals surface area contributed by atoms with E-state index in [4.69, 9.17) is 9.47 Å². The standard InChI is InChI=1S/C26H29O3S/c1-4-5-16-28-19-25(27)29-26-20(2)17-24(18-21(26)3)30(22-12-8-6-9-13-22)23-14-10-7-11-15-23/h6-15,17-18H,4-5,16,19H2,1-3H3/q+1. The van der Waals surface area contributed by atoms with Crippen LogP contribution in [0.15, 0.2) is 87.5 Å². The number of carbonyl (C=O) groups is 1. The molecule has 0 fully saturated rings. The maximum Gasteiger partial charge on any atom is 0.337 e. The Morgan fingerprint density at radius 3 is 1.87 bits per heavy atom. The van der Waals surface area contributed by atoms with Crippen LogP contribution >= 0.6 is 0 Å². The normalized spacial score (nSPS) is 10.9. The first-order chi connectivity index (χ1) is 14.6. The third kappa shape index (κ3) is 5.74. The zero-order valence-corrected chi connectivity index (χ0v) is 18.7. The Morgan fingerprint density at radius 1 is 0.833 bits per heavy atom. The van der Waals surface area contributed by atoms with Gasteiger partial charge in [0.25, 0.3) is 0 Å². The van der Waals surface area contributed by atoms with Crippen molar-refractivity contribution in [1.29, 1.82) is 0 Å². The van der Waals surface area contributed by atoms with Crippen LogP contribution in [0.2, 0.25) is 0 Å². The van der Waals surface area contributed by atoms with Crippen molar-refractivity contribution in [3.8, 4) is 5.75 Å². The Morgan fingerprint density at radius 2 is 1.37 bits per heavy atom. The van der Waals surface area contributed by atoms with Crippen molar-refractivity contribution in [2.75, 3.05) is 13.2 Å². The van der Waals surface area contributed by atoms with E-state index < -0.39 is 0 Å². The zero-order chi connectivity index (χ0) is 21.3. The van der Waals surface area contributed by atoms with Crippen molar-refractivity contribution in [1.82, 2.24) is 0 Å². The van der Waals surface area contributed by atoms with E-state index in [0.717, 1.165) is 24.0 Å². The minimum Gasteiger partial charge on any atom is -0.424 e. The van der Waals surface area contributed by atoms with Gasteiger partial charge >= 0.3 is 5.97 Å². The molecule has 4 heteroatoms. The van der Waals surface area contributed by atoms with E-state index in [-0.39, 0.29) is 23.5 Å². The summed E-state index contributed by atoms with van der Waals surface area (Å²) in [5.74, 6) is 0.280. The van der Waals surface area contributed by atoms with Gasteiger partial charge in [0.05, 0.1) is 10.9 Å². The molecule has 0 saturated carbocycles. The highest BCUT2D eigenvalue weighted by Gasteiger charge is 2.29. The smallest absolute Gasteiger partial charge is 0.337 e. The van der Waals surface area contributed by atoms with Crippen molar-refractivity contribution in [3.05, 3.63) is 83.9 Å². The van der Waals surface area contributed by atoms with E-state index in [2.05, 4.69) is 67.6 Å². The molecule has 0 N–H and O–H groups in total. The summed E-state index contributed by atoms with van der Waals surface area (Å²) in [6.45, 7) is 6.65. The number of esters is 1. The second kappa shape index (κ2) is 11.0. The van der Waals surface area contributed by atoms with Gasteiger partial charge in [-0.25, -0.2) is 4.79 Å². The van der Waals surface area contributed by atoms with E-state index in [1.54, 1.807) is 0 Å². The molecular weight excluding hydrogens is 392 g/mol. The number of carbonyl (C=O) groups excluding carboxylic acids is 1. The van der Waals surface area contributed by atoms with E-state index in [0.29, 0.717) is 12.4 Å². The summed E-state index contributed by atoms with van der Waals surface area (Å²) in [6, 6.07) is 25.3. The molecule has 0 aromatic heterocycles. The Bertz CT molecular complexity index is 892. The van der Waals surface area contributed by atoms with Crippen LogP contribution in [-0.4, -0.2) is 19.2 Å². The Kier molecular flexibility index (Phi) is 8.12. The summed E-state index contributed by atoms with van der Waals surface area (Å²) < 4.78 is 11.0. The Hall–Kier alpha value is -2.56. The predicted octanol–water partition coefficient (Wildman–Crippen LogP) is 6.12. The number of unbranched alkanes of at least 4 members (excludes halogenated alkanes) is 1. The first kappa shape index (κ1) is 22.1. The summed E-state index contributed by atoms with van der Waals surface area (Å²) in [7, 11) is -0.229. The van der Waals surface area contributed by atoms with Gasteiger partial charge in [0, 0.05) is 18.7 Å². The highest BCUT2D eigenvalue weighted by Crippen LogP contribution is 2.35. The minimum atomic E-state index is -0.352. The molecule has 3 nitrogen and oxygen atoms in total. The predicted molar refractivity (Wildman–Crippen MR) is 122 cm³/mol. The summed E-state index contributed by atoms with van der Waals surface area (Å²) in [5, 5.41) is 0. The van der Waals surface area contributed by atoms with Crippen molar-refractivity contribution < 1.29 is 14.3 Å². The fourth-order valence-corrected chi connectivity index (χ4v) is 5.52. The van der Waals surface area contributed by atoms with Crippen molar-refractivity contribution >= 4 is 16.9 Å². The lowest BCUT2D eigenvalue weighted by atomic mass is 10.1. The third-order valence-corrected chi connectivity index (χ3v) is 6.90. The molecule has 0 aliphatic heterocycles. The molecule has 0 saturated heterocycles. The van der Waals surface area contributed by atoms with E-state index in [9.17, 15) is 4.79 Å². The van der Waals surface area contributed by atoms with Gasteiger partial charge in [-0.2, -0.15) is 0 Å². The summed E-state index contributed by atoms with van der Waals surface area (Å²) in [5.41, 5.74) is 1.91. The number of aryl methyl sites for hydroxylation is 2. The maximum atomic E-state index is 12.2. The van der Waals surface area contributed by atoms with Crippen molar-refractivity contribution in [2.24, 2.45) is 0 Å². The van der Waals surface area contributed by atoms with E-state index in [1.165, 1.54) is 14.7 Å². The minimum absolute atomic E-state index is 0.0148. The van der Waals surface area contributed by atoms with Gasteiger partial charge in [-0.15, -0.1) is 0 Å². The molecule has 0 spiro atoms. The van der Waals surface area contributed by atoms with E-state index >= 15 is 0 Å². The summed E-state index contributed by atoms with van der Waals surface area (Å²) >= 11 is 0. The molecule has 30 heavy (non-hydrogen) atoms. The Labute approximate surface area is 182 Å². The molecule has 0 bridgehead atoms. The Balaban J connectivity index is 1.87. The van der Waals surface area contributed by atoms with Gasteiger partial charge in [-0.1, -0.05) is 49.7 Å². The molecule has 0 heterocycles. The number of benzene rings is 3. The summed E-state index contributed by atoms with van der Waals surface area (Å²) in [6.07, 6.45) is 1.99. The van der Waals surface area contributed by atoms with Crippen LogP contribution in [0, 0.1) is 13.8 Å². The number of hydrogen-bond donors (Lipinski definition) is 0. The van der Waals surface area contributed by atoms with Gasteiger partial charge in [0.1, 0.15) is 12.4 Å². The number of rotatable bonds is 9. The fourth-order valence-electron chi connectivity index (χ4n) is 3.26. The average molecular weight is 422 g/mol. The van der Waals surface area contributed by atoms with Crippen LogP contribution in [0.4, 0.5) is 0 Å². The largest absolute Gasteiger partial charge is 0.424 e. The van der Waals surface area contributed by atoms with Crippen LogP contribution < -0.4 is 4.74 Å². The molecule has 0 aliphatic rings. The second-order valence-corrected chi connectivity index (χ2v) is 9.23. The van der Waals surface area contributed by atoms with Gasteiger partial charge in [-0.3, -0.25) is 0 Å². The van der Waals surface area contributed by atoms with Crippen LogP contribution in [0.5, 0.6) is 5.75 Å². The highest BCUT2D eigenvalue weighted by atomic mass is 32.2. The molecule has 156 valence electrons. The van der Waals surface area contributed by atoms with Crippen LogP contribution in [-0.2, 0) is 20.4 Å². The molecule has 3 aromatic rings. The maximum absolute atomic E-state index is 12.2. The quantitative estimate of drug-likeness (QED) is 0.181. The highest BCUT2D eigenvalue weighted by molar-refractivity contribution is 7.97. The van der Waals surface area contributed by atoms with Crippen molar-refractivity contribution in [3.63, 3.8) is 0 Å². The first-order valence-corrected chi connectivity index (χ1v) is 11.6. The fraction of sp³-hybridized carbons (Fsp3) is 0.269. The van der Waals surface area contributed by atoms with Crippen LogP contribution in [0.3, 0.4) is 0 Å². The van der Waals surface area contributed by atoms with E-state index in [1.807, 2.05) is 26.0 Å². The lowest BCUT2D eigenvalue weighted by Crippen LogP contribution is -2.17. The summed E-state index contributed by atoms with van der Waals surface area (Å²) in [4.78, 5) is 15.9. The lowest BCUT2D eigenvalue weighted by molar-refractivity contribution is -0.139. The van der Waals surface area contributed by atoms with Gasteiger partial charge in [0.2, 0.25) is 0 Å². The first-order valence-electron chi connectivity index (χ1n) is 10.3. The van der Waals surface area contributed by atoms with Crippen molar-refractivity contribution in [2.45, 2.75) is 48.3 Å². The monoisotopic (exact) mass is 421 g/mol.